The number of amides is 3. The molecular formula is C18H24FN3O2. The molecule has 0 spiro atoms. The first-order chi connectivity index (χ1) is 11.5. The third-order valence-electron chi connectivity index (χ3n) is 5.21. The summed E-state index contributed by atoms with van der Waals surface area (Å²) in [4.78, 5) is 24.1. The highest BCUT2D eigenvalue weighted by Gasteiger charge is 2.48. The van der Waals surface area contributed by atoms with E-state index in [1.165, 1.54) is 12.1 Å². The molecule has 1 aromatic rings. The number of benzene rings is 1. The summed E-state index contributed by atoms with van der Waals surface area (Å²) in [6.45, 7) is 2.44. The molecule has 1 saturated heterocycles. The van der Waals surface area contributed by atoms with Crippen molar-refractivity contribution in [2.75, 3.05) is 6.54 Å². The highest BCUT2D eigenvalue weighted by atomic mass is 19.1. The van der Waals surface area contributed by atoms with Crippen LogP contribution in [0.1, 0.15) is 50.5 Å². The van der Waals surface area contributed by atoms with E-state index in [1.54, 1.807) is 12.1 Å². The lowest BCUT2D eigenvalue weighted by atomic mass is 9.78. The Morgan fingerprint density at radius 1 is 1.38 bits per heavy atom. The summed E-state index contributed by atoms with van der Waals surface area (Å²) in [6, 6.07) is 6.11. The molecule has 1 aliphatic carbocycles. The topological polar surface area (TPSA) is 70.2 Å². The molecule has 0 aromatic heterocycles. The molecule has 0 radical (unpaired) electrons. The van der Waals surface area contributed by atoms with E-state index in [9.17, 15) is 14.0 Å². The lowest BCUT2D eigenvalue weighted by Gasteiger charge is -2.38. The fraction of sp³-hybridized carbons (Fsp3) is 0.556. The van der Waals surface area contributed by atoms with Crippen LogP contribution in [0.25, 0.3) is 0 Å². The summed E-state index contributed by atoms with van der Waals surface area (Å²) in [5, 5.41) is 8.91. The van der Waals surface area contributed by atoms with Gasteiger partial charge in [0.05, 0.1) is 18.0 Å². The molecule has 24 heavy (non-hydrogen) atoms. The van der Waals surface area contributed by atoms with E-state index in [4.69, 9.17) is 0 Å². The number of fused-ring (bicyclic) bond motifs is 1. The fourth-order valence-electron chi connectivity index (χ4n) is 3.81. The minimum atomic E-state index is -0.446. The van der Waals surface area contributed by atoms with Crippen molar-refractivity contribution in [2.45, 2.75) is 56.5 Å². The van der Waals surface area contributed by atoms with E-state index >= 15 is 0 Å². The molecular weight excluding hydrogens is 309 g/mol. The predicted molar refractivity (Wildman–Crippen MR) is 89.1 cm³/mol. The van der Waals surface area contributed by atoms with Gasteiger partial charge in [-0.25, -0.2) is 9.18 Å². The fourth-order valence-corrected chi connectivity index (χ4v) is 3.81. The third-order valence-corrected chi connectivity index (χ3v) is 5.21. The lowest BCUT2D eigenvalue weighted by molar-refractivity contribution is -0.119. The number of halogens is 1. The van der Waals surface area contributed by atoms with Crippen LogP contribution in [-0.2, 0) is 4.79 Å². The molecule has 1 aromatic carbocycles. The van der Waals surface area contributed by atoms with Crippen LogP contribution in [0.5, 0.6) is 0 Å². The predicted octanol–water partition coefficient (Wildman–Crippen LogP) is 2.43. The maximum atomic E-state index is 13.0. The average molecular weight is 333 g/mol. The first-order valence-electron chi connectivity index (χ1n) is 8.59. The number of carbonyl (C=O) groups is 2. The molecule has 1 heterocycles. The average Bonchev–Trinajstić information content (AvgIpc) is 2.88. The zero-order chi connectivity index (χ0) is 17.2. The van der Waals surface area contributed by atoms with Gasteiger partial charge in [0.15, 0.2) is 0 Å². The zero-order valence-corrected chi connectivity index (χ0v) is 13.9. The lowest BCUT2D eigenvalue weighted by Crippen LogP contribution is -2.59. The number of rotatable bonds is 4. The number of carbonyl (C=O) groups excluding carboxylic acids is 2. The molecule has 130 valence electrons. The monoisotopic (exact) mass is 333 g/mol. The maximum absolute atomic E-state index is 13.0. The van der Waals surface area contributed by atoms with E-state index in [0.29, 0.717) is 13.0 Å². The van der Waals surface area contributed by atoms with E-state index < -0.39 is 5.54 Å². The summed E-state index contributed by atoms with van der Waals surface area (Å²) in [7, 11) is 0. The molecule has 6 heteroatoms. The molecule has 3 N–H and O–H groups in total. The van der Waals surface area contributed by atoms with Gasteiger partial charge in [0.25, 0.3) is 0 Å². The first-order valence-corrected chi connectivity index (χ1v) is 8.59. The first kappa shape index (κ1) is 16.7. The van der Waals surface area contributed by atoms with E-state index in [1.807, 2.05) is 6.92 Å². The largest absolute Gasteiger partial charge is 0.351 e. The molecule has 2 aliphatic rings. The van der Waals surface area contributed by atoms with Crippen LogP contribution >= 0.6 is 0 Å². The highest BCUT2D eigenvalue weighted by Crippen LogP contribution is 2.35. The Morgan fingerprint density at radius 3 is 2.88 bits per heavy atom. The van der Waals surface area contributed by atoms with Gasteiger partial charge in [-0.05, 0) is 36.5 Å². The summed E-state index contributed by atoms with van der Waals surface area (Å²) < 4.78 is 13.0. The van der Waals surface area contributed by atoms with Crippen LogP contribution in [0.2, 0.25) is 0 Å². The van der Waals surface area contributed by atoms with Crippen molar-refractivity contribution in [2.24, 2.45) is 0 Å². The summed E-state index contributed by atoms with van der Waals surface area (Å²) in [5.74, 6) is -0.168. The molecule has 1 saturated carbocycles. The van der Waals surface area contributed by atoms with Crippen LogP contribution in [-0.4, -0.2) is 30.1 Å². The Morgan fingerprint density at radius 2 is 2.12 bits per heavy atom. The van der Waals surface area contributed by atoms with Crippen molar-refractivity contribution < 1.29 is 14.0 Å². The minimum Gasteiger partial charge on any atom is -0.351 e. The van der Waals surface area contributed by atoms with Crippen LogP contribution in [0, 0.1) is 5.82 Å². The van der Waals surface area contributed by atoms with Gasteiger partial charge < -0.3 is 16.0 Å². The van der Waals surface area contributed by atoms with Crippen molar-refractivity contribution in [1.82, 2.24) is 16.0 Å². The third kappa shape index (κ3) is 3.52. The van der Waals surface area contributed by atoms with E-state index in [2.05, 4.69) is 16.0 Å². The van der Waals surface area contributed by atoms with Crippen LogP contribution in [0.4, 0.5) is 9.18 Å². The molecule has 0 bridgehead atoms. The highest BCUT2D eigenvalue weighted by molar-refractivity contribution is 5.83. The van der Waals surface area contributed by atoms with E-state index in [0.717, 1.165) is 31.2 Å². The van der Waals surface area contributed by atoms with Gasteiger partial charge >= 0.3 is 6.03 Å². The number of urea groups is 1. The number of hydrogen-bond acceptors (Lipinski definition) is 2. The number of nitrogens with one attached hydrogen (secondary N) is 3. The van der Waals surface area contributed by atoms with Crippen molar-refractivity contribution in [1.29, 1.82) is 0 Å². The SMILES string of the molecule is CC(CNC(=O)N[C@@]12CCCC[C@@H]1NC(=O)C2)c1ccc(F)cc1. The summed E-state index contributed by atoms with van der Waals surface area (Å²) >= 11 is 0. The Labute approximate surface area is 141 Å². The second-order valence-corrected chi connectivity index (χ2v) is 6.99. The zero-order valence-electron chi connectivity index (χ0n) is 13.9. The van der Waals surface area contributed by atoms with Gasteiger partial charge in [0, 0.05) is 6.54 Å². The minimum absolute atomic E-state index is 0.0156. The van der Waals surface area contributed by atoms with Crippen molar-refractivity contribution in [3.05, 3.63) is 35.6 Å². The van der Waals surface area contributed by atoms with Crippen LogP contribution in [0.15, 0.2) is 24.3 Å². The quantitative estimate of drug-likeness (QED) is 0.792. The van der Waals surface area contributed by atoms with Gasteiger partial charge in [0.1, 0.15) is 5.82 Å². The Bertz CT molecular complexity index is 619. The Kier molecular flexibility index (Phi) is 4.73. The molecule has 3 rings (SSSR count). The second-order valence-electron chi connectivity index (χ2n) is 6.99. The van der Waals surface area contributed by atoms with Crippen LogP contribution in [0.3, 0.4) is 0 Å². The Balaban J connectivity index is 1.55. The second kappa shape index (κ2) is 6.79. The standard InChI is InChI=1S/C18H24FN3O2/c1-12(13-5-7-14(19)8-6-13)11-20-17(24)22-18-9-3-2-4-15(18)21-16(23)10-18/h5-8,12,15H,2-4,9-11H2,1H3,(H,21,23)(H2,20,22,24)/t12?,15-,18+/m0/s1. The van der Waals surface area contributed by atoms with Gasteiger partial charge in [-0.3, -0.25) is 4.79 Å². The molecule has 3 amide bonds. The van der Waals surface area contributed by atoms with Crippen LogP contribution < -0.4 is 16.0 Å². The van der Waals surface area contributed by atoms with Crippen molar-refractivity contribution in [3.8, 4) is 0 Å². The van der Waals surface area contributed by atoms with Gasteiger partial charge in [-0.1, -0.05) is 31.9 Å². The van der Waals surface area contributed by atoms with Gasteiger partial charge in [-0.2, -0.15) is 0 Å². The summed E-state index contributed by atoms with van der Waals surface area (Å²) in [6.07, 6.45) is 4.21. The smallest absolute Gasteiger partial charge is 0.315 e. The normalized spacial score (nSPS) is 27.1. The molecule has 5 nitrogen and oxygen atoms in total. The Hall–Kier alpha value is -2.11. The maximum Gasteiger partial charge on any atom is 0.315 e. The summed E-state index contributed by atoms with van der Waals surface area (Å²) in [5.41, 5.74) is 0.529. The van der Waals surface area contributed by atoms with Gasteiger partial charge in [0.2, 0.25) is 5.91 Å². The molecule has 2 fully saturated rings. The number of hydrogen-bond donors (Lipinski definition) is 3. The molecule has 1 unspecified atom stereocenters. The molecule has 3 atom stereocenters. The van der Waals surface area contributed by atoms with E-state index in [-0.39, 0.29) is 29.7 Å². The van der Waals surface area contributed by atoms with Crippen molar-refractivity contribution >= 4 is 11.9 Å². The van der Waals surface area contributed by atoms with Gasteiger partial charge in [-0.15, -0.1) is 0 Å². The van der Waals surface area contributed by atoms with Crippen molar-refractivity contribution in [3.63, 3.8) is 0 Å². The molecule has 1 aliphatic heterocycles.